The van der Waals surface area contributed by atoms with Crippen LogP contribution < -0.4 is 4.74 Å². The van der Waals surface area contributed by atoms with Gasteiger partial charge in [0.2, 0.25) is 0 Å². The van der Waals surface area contributed by atoms with Gasteiger partial charge in [0.05, 0.1) is 10.2 Å². The van der Waals surface area contributed by atoms with Gasteiger partial charge in [-0.05, 0) is 59.5 Å². The van der Waals surface area contributed by atoms with Gasteiger partial charge >= 0.3 is 0 Å². The molecule has 0 aromatic heterocycles. The van der Waals surface area contributed by atoms with E-state index in [4.69, 9.17) is 4.74 Å². The van der Waals surface area contributed by atoms with Gasteiger partial charge < -0.3 is 4.74 Å². The van der Waals surface area contributed by atoms with Crippen molar-refractivity contribution in [3.05, 3.63) is 27.6 Å². The number of hydrogen-bond donors (Lipinski definition) is 0. The monoisotopic (exact) mass is 334 g/mol. The first kappa shape index (κ1) is 12.1. The predicted octanol–water partition coefficient (Wildman–Crippen LogP) is 4.39. The number of halogens is 2. The molecule has 0 atom stereocenters. The summed E-state index contributed by atoms with van der Waals surface area (Å²) in [5, 5.41) is 0. The first-order chi connectivity index (χ1) is 7.75. The van der Waals surface area contributed by atoms with Gasteiger partial charge in [-0.1, -0.05) is 19.3 Å². The van der Waals surface area contributed by atoms with E-state index in [0.717, 1.165) is 15.9 Å². The SMILES string of the molecule is Fc1ccc(OCC2CCCCC2)c(I)c1. The Morgan fingerprint density at radius 3 is 2.69 bits per heavy atom. The molecule has 2 rings (SSSR count). The Hall–Kier alpha value is -0.320. The Morgan fingerprint density at radius 1 is 1.25 bits per heavy atom. The molecule has 1 aromatic rings. The van der Waals surface area contributed by atoms with Crippen LogP contribution in [0.4, 0.5) is 4.39 Å². The molecule has 1 saturated carbocycles. The second kappa shape index (κ2) is 5.84. The average Bonchev–Trinajstić information content (AvgIpc) is 2.29. The van der Waals surface area contributed by atoms with E-state index >= 15 is 0 Å². The summed E-state index contributed by atoms with van der Waals surface area (Å²) in [6, 6.07) is 4.69. The molecule has 88 valence electrons. The second-order valence-corrected chi connectivity index (χ2v) is 5.55. The Balaban J connectivity index is 1.88. The Morgan fingerprint density at radius 2 is 2.00 bits per heavy atom. The van der Waals surface area contributed by atoms with Crippen molar-refractivity contribution in [2.45, 2.75) is 32.1 Å². The maximum Gasteiger partial charge on any atom is 0.132 e. The molecule has 0 N–H and O–H groups in total. The van der Waals surface area contributed by atoms with Crippen LogP contribution in [0.25, 0.3) is 0 Å². The van der Waals surface area contributed by atoms with Crippen LogP contribution in [0.5, 0.6) is 5.75 Å². The standard InChI is InChI=1S/C13H16FIO/c14-11-6-7-13(12(15)8-11)16-9-10-4-2-1-3-5-10/h6-8,10H,1-5,9H2. The van der Waals surface area contributed by atoms with Crippen LogP contribution >= 0.6 is 22.6 Å². The summed E-state index contributed by atoms with van der Waals surface area (Å²) >= 11 is 2.12. The fourth-order valence-electron chi connectivity index (χ4n) is 2.15. The highest BCUT2D eigenvalue weighted by Gasteiger charge is 2.14. The van der Waals surface area contributed by atoms with Crippen molar-refractivity contribution in [1.29, 1.82) is 0 Å². The van der Waals surface area contributed by atoms with E-state index in [-0.39, 0.29) is 5.82 Å². The van der Waals surface area contributed by atoms with Crippen molar-refractivity contribution >= 4 is 22.6 Å². The topological polar surface area (TPSA) is 9.23 Å². The second-order valence-electron chi connectivity index (χ2n) is 4.39. The van der Waals surface area contributed by atoms with Gasteiger partial charge in [0.15, 0.2) is 0 Å². The molecule has 0 bridgehead atoms. The molecule has 0 aliphatic heterocycles. The van der Waals surface area contributed by atoms with E-state index in [1.165, 1.54) is 44.2 Å². The molecule has 1 aromatic carbocycles. The maximum absolute atomic E-state index is 12.9. The van der Waals surface area contributed by atoms with Crippen LogP contribution in [0, 0.1) is 15.3 Å². The van der Waals surface area contributed by atoms with Gasteiger partial charge in [0.25, 0.3) is 0 Å². The molecule has 16 heavy (non-hydrogen) atoms. The van der Waals surface area contributed by atoms with E-state index in [2.05, 4.69) is 22.6 Å². The Kier molecular flexibility index (Phi) is 4.44. The molecule has 1 fully saturated rings. The first-order valence-corrected chi connectivity index (χ1v) is 6.91. The largest absolute Gasteiger partial charge is 0.492 e. The number of hydrogen-bond acceptors (Lipinski definition) is 1. The van der Waals surface area contributed by atoms with Gasteiger partial charge in [0, 0.05) is 0 Å². The Labute approximate surface area is 110 Å². The summed E-state index contributed by atoms with van der Waals surface area (Å²) < 4.78 is 19.5. The molecule has 0 amide bonds. The third-order valence-electron chi connectivity index (χ3n) is 3.09. The Bertz CT molecular complexity index is 348. The smallest absolute Gasteiger partial charge is 0.132 e. The van der Waals surface area contributed by atoms with Gasteiger partial charge in [-0.3, -0.25) is 0 Å². The molecule has 0 heterocycles. The van der Waals surface area contributed by atoms with Crippen molar-refractivity contribution in [2.24, 2.45) is 5.92 Å². The van der Waals surface area contributed by atoms with Gasteiger partial charge in [-0.25, -0.2) is 4.39 Å². The third kappa shape index (κ3) is 3.34. The fraction of sp³-hybridized carbons (Fsp3) is 0.538. The minimum Gasteiger partial charge on any atom is -0.492 e. The van der Waals surface area contributed by atoms with E-state index in [1.807, 2.05) is 0 Å². The van der Waals surface area contributed by atoms with E-state index < -0.39 is 0 Å². The zero-order chi connectivity index (χ0) is 11.4. The molecule has 1 nitrogen and oxygen atoms in total. The lowest BCUT2D eigenvalue weighted by molar-refractivity contribution is 0.207. The summed E-state index contributed by atoms with van der Waals surface area (Å²) in [5.41, 5.74) is 0. The van der Waals surface area contributed by atoms with Gasteiger partial charge in [-0.15, -0.1) is 0 Å². The van der Waals surface area contributed by atoms with E-state index in [0.29, 0.717) is 5.92 Å². The maximum atomic E-state index is 12.9. The summed E-state index contributed by atoms with van der Waals surface area (Å²) in [4.78, 5) is 0. The molecule has 0 unspecified atom stereocenters. The molecule has 1 aliphatic carbocycles. The van der Waals surface area contributed by atoms with Crippen molar-refractivity contribution in [2.75, 3.05) is 6.61 Å². The zero-order valence-corrected chi connectivity index (χ0v) is 11.4. The molecular formula is C13H16FIO. The van der Waals surface area contributed by atoms with Crippen LogP contribution in [-0.4, -0.2) is 6.61 Å². The van der Waals surface area contributed by atoms with Crippen LogP contribution in [0.1, 0.15) is 32.1 Å². The minimum absolute atomic E-state index is 0.200. The lowest BCUT2D eigenvalue weighted by Crippen LogP contribution is -2.15. The van der Waals surface area contributed by atoms with Crippen molar-refractivity contribution in [3.63, 3.8) is 0 Å². The zero-order valence-electron chi connectivity index (χ0n) is 9.22. The molecular weight excluding hydrogens is 318 g/mol. The lowest BCUT2D eigenvalue weighted by atomic mass is 9.90. The quantitative estimate of drug-likeness (QED) is 0.745. The van der Waals surface area contributed by atoms with Crippen molar-refractivity contribution < 1.29 is 9.13 Å². The number of rotatable bonds is 3. The normalized spacial score (nSPS) is 17.4. The predicted molar refractivity (Wildman–Crippen MR) is 71.2 cm³/mol. The summed E-state index contributed by atoms with van der Waals surface area (Å²) in [6.45, 7) is 0.779. The van der Waals surface area contributed by atoms with Crippen LogP contribution in [0.3, 0.4) is 0 Å². The van der Waals surface area contributed by atoms with Crippen LogP contribution in [0.2, 0.25) is 0 Å². The first-order valence-electron chi connectivity index (χ1n) is 5.83. The highest BCUT2D eigenvalue weighted by molar-refractivity contribution is 14.1. The average molecular weight is 334 g/mol. The summed E-state index contributed by atoms with van der Waals surface area (Å²) in [7, 11) is 0. The van der Waals surface area contributed by atoms with E-state index in [9.17, 15) is 4.39 Å². The van der Waals surface area contributed by atoms with Crippen molar-refractivity contribution in [3.8, 4) is 5.75 Å². The van der Waals surface area contributed by atoms with Crippen molar-refractivity contribution in [1.82, 2.24) is 0 Å². The van der Waals surface area contributed by atoms with Gasteiger partial charge in [-0.2, -0.15) is 0 Å². The third-order valence-corrected chi connectivity index (χ3v) is 3.94. The summed E-state index contributed by atoms with van der Waals surface area (Å²) in [6.07, 6.45) is 6.57. The molecule has 0 spiro atoms. The summed E-state index contributed by atoms with van der Waals surface area (Å²) in [5.74, 6) is 1.30. The number of benzene rings is 1. The van der Waals surface area contributed by atoms with Crippen LogP contribution in [0.15, 0.2) is 18.2 Å². The molecule has 3 heteroatoms. The highest BCUT2D eigenvalue weighted by atomic mass is 127. The number of ether oxygens (including phenoxy) is 1. The lowest BCUT2D eigenvalue weighted by Gasteiger charge is -2.21. The molecule has 1 aliphatic rings. The van der Waals surface area contributed by atoms with Crippen LogP contribution in [-0.2, 0) is 0 Å². The minimum atomic E-state index is -0.200. The van der Waals surface area contributed by atoms with E-state index in [1.54, 1.807) is 6.07 Å². The fourth-order valence-corrected chi connectivity index (χ4v) is 2.79. The molecule has 0 radical (unpaired) electrons. The van der Waals surface area contributed by atoms with Gasteiger partial charge in [0.1, 0.15) is 11.6 Å². The molecule has 0 saturated heterocycles. The highest BCUT2D eigenvalue weighted by Crippen LogP contribution is 2.26.